The summed E-state index contributed by atoms with van der Waals surface area (Å²) in [6, 6.07) is 8.81. The summed E-state index contributed by atoms with van der Waals surface area (Å²) in [5.74, 6) is 1.12. The number of hydrogen-bond donors (Lipinski definition) is 2. The largest absolute Gasteiger partial charge is 0.383 e. The van der Waals surface area contributed by atoms with E-state index in [1.165, 1.54) is 10.5 Å². The lowest BCUT2D eigenvalue weighted by molar-refractivity contribution is -0.121. The average Bonchev–Trinajstić information content (AvgIpc) is 2.83. The van der Waals surface area contributed by atoms with Crippen LogP contribution in [0.15, 0.2) is 29.2 Å². The summed E-state index contributed by atoms with van der Waals surface area (Å²) in [5, 5.41) is 6.27. The number of nitrogens with one attached hydrogen (secondary N) is 2. The van der Waals surface area contributed by atoms with Crippen LogP contribution in [0.5, 0.6) is 0 Å². The van der Waals surface area contributed by atoms with Crippen LogP contribution in [0.3, 0.4) is 0 Å². The molecule has 0 saturated heterocycles. The SMILES string of the molecule is COCCNC(=O)CCNC1CSc2ccccc21. The van der Waals surface area contributed by atoms with Gasteiger partial charge in [0.2, 0.25) is 5.91 Å². The van der Waals surface area contributed by atoms with Crippen LogP contribution in [0.4, 0.5) is 0 Å². The van der Waals surface area contributed by atoms with Gasteiger partial charge in [0, 0.05) is 43.3 Å². The Morgan fingerprint density at radius 3 is 3.11 bits per heavy atom. The van der Waals surface area contributed by atoms with Gasteiger partial charge >= 0.3 is 0 Å². The fraction of sp³-hybridized carbons (Fsp3) is 0.500. The van der Waals surface area contributed by atoms with E-state index in [0.717, 1.165) is 5.75 Å². The first-order chi connectivity index (χ1) is 9.31. The molecule has 0 fully saturated rings. The van der Waals surface area contributed by atoms with E-state index in [0.29, 0.717) is 32.2 Å². The summed E-state index contributed by atoms with van der Waals surface area (Å²) in [6.45, 7) is 1.85. The van der Waals surface area contributed by atoms with E-state index in [1.807, 2.05) is 11.8 Å². The Morgan fingerprint density at radius 1 is 1.42 bits per heavy atom. The zero-order valence-electron chi connectivity index (χ0n) is 11.1. The van der Waals surface area contributed by atoms with Gasteiger partial charge in [0.25, 0.3) is 0 Å². The molecule has 5 heteroatoms. The summed E-state index contributed by atoms with van der Waals surface area (Å²) in [5.41, 5.74) is 1.35. The van der Waals surface area contributed by atoms with Crippen molar-refractivity contribution < 1.29 is 9.53 Å². The lowest BCUT2D eigenvalue weighted by Gasteiger charge is -2.13. The molecule has 104 valence electrons. The Kier molecular flexibility index (Phi) is 5.69. The molecular weight excluding hydrogens is 260 g/mol. The zero-order valence-corrected chi connectivity index (χ0v) is 12.0. The fourth-order valence-corrected chi connectivity index (χ4v) is 3.27. The first-order valence-corrected chi connectivity index (χ1v) is 7.50. The fourth-order valence-electron chi connectivity index (χ4n) is 2.07. The quantitative estimate of drug-likeness (QED) is 0.745. The number of benzene rings is 1. The van der Waals surface area contributed by atoms with E-state index < -0.39 is 0 Å². The molecule has 2 rings (SSSR count). The smallest absolute Gasteiger partial charge is 0.221 e. The van der Waals surface area contributed by atoms with Gasteiger partial charge in [0.1, 0.15) is 0 Å². The number of methoxy groups -OCH3 is 1. The molecule has 1 unspecified atom stereocenters. The molecule has 1 aromatic rings. The van der Waals surface area contributed by atoms with Crippen molar-refractivity contribution in [3.05, 3.63) is 29.8 Å². The molecule has 1 aliphatic rings. The number of fused-ring (bicyclic) bond motifs is 1. The van der Waals surface area contributed by atoms with E-state index >= 15 is 0 Å². The first-order valence-electron chi connectivity index (χ1n) is 6.52. The summed E-state index contributed by atoms with van der Waals surface area (Å²) in [6.07, 6.45) is 0.507. The predicted octanol–water partition coefficient (Wildman–Crippen LogP) is 1.58. The molecule has 1 amide bonds. The molecule has 1 atom stereocenters. The maximum atomic E-state index is 11.5. The van der Waals surface area contributed by atoms with Gasteiger partial charge in [-0.1, -0.05) is 18.2 Å². The lowest BCUT2D eigenvalue weighted by atomic mass is 10.1. The highest BCUT2D eigenvalue weighted by Gasteiger charge is 2.21. The van der Waals surface area contributed by atoms with Gasteiger partial charge in [-0.15, -0.1) is 11.8 Å². The van der Waals surface area contributed by atoms with Gasteiger partial charge in [-0.3, -0.25) is 4.79 Å². The lowest BCUT2D eigenvalue weighted by Crippen LogP contribution is -2.31. The Balaban J connectivity index is 1.68. The molecule has 19 heavy (non-hydrogen) atoms. The Morgan fingerprint density at radius 2 is 2.26 bits per heavy atom. The second-order valence-electron chi connectivity index (χ2n) is 4.45. The highest BCUT2D eigenvalue weighted by molar-refractivity contribution is 7.99. The van der Waals surface area contributed by atoms with Crippen LogP contribution < -0.4 is 10.6 Å². The summed E-state index contributed by atoms with van der Waals surface area (Å²) in [7, 11) is 1.63. The van der Waals surface area contributed by atoms with Crippen molar-refractivity contribution in [2.45, 2.75) is 17.4 Å². The molecule has 4 nitrogen and oxygen atoms in total. The van der Waals surface area contributed by atoms with Crippen LogP contribution in [0.2, 0.25) is 0 Å². The van der Waals surface area contributed by atoms with E-state index in [9.17, 15) is 4.79 Å². The number of carbonyl (C=O) groups is 1. The standard InChI is InChI=1S/C14H20N2O2S/c1-18-9-8-16-14(17)6-7-15-12-10-19-13-5-3-2-4-11(12)13/h2-5,12,15H,6-10H2,1H3,(H,16,17). The minimum absolute atomic E-state index is 0.0727. The number of carbonyl (C=O) groups excluding carboxylic acids is 1. The number of thioether (sulfide) groups is 1. The molecule has 0 radical (unpaired) electrons. The maximum absolute atomic E-state index is 11.5. The molecule has 1 aromatic carbocycles. The third kappa shape index (κ3) is 4.23. The highest BCUT2D eigenvalue weighted by atomic mass is 32.2. The van der Waals surface area contributed by atoms with Crippen molar-refractivity contribution in [1.82, 2.24) is 10.6 Å². The Hall–Kier alpha value is -1.04. The summed E-state index contributed by atoms with van der Waals surface area (Å²) < 4.78 is 4.88. The third-order valence-corrected chi connectivity index (χ3v) is 4.25. The Labute approximate surface area is 118 Å². The highest BCUT2D eigenvalue weighted by Crippen LogP contribution is 2.37. The van der Waals surface area contributed by atoms with Gasteiger partial charge in [0.15, 0.2) is 0 Å². The summed E-state index contributed by atoms with van der Waals surface area (Å²) >= 11 is 1.87. The van der Waals surface area contributed by atoms with Crippen LogP contribution in [0, 0.1) is 0 Å². The van der Waals surface area contributed by atoms with E-state index in [4.69, 9.17) is 4.74 Å². The van der Waals surface area contributed by atoms with Crippen LogP contribution in [0.25, 0.3) is 0 Å². The second kappa shape index (κ2) is 7.53. The minimum atomic E-state index is 0.0727. The maximum Gasteiger partial charge on any atom is 0.221 e. The van der Waals surface area contributed by atoms with E-state index in [1.54, 1.807) is 7.11 Å². The van der Waals surface area contributed by atoms with Crippen molar-refractivity contribution in [2.24, 2.45) is 0 Å². The van der Waals surface area contributed by atoms with Crippen molar-refractivity contribution >= 4 is 17.7 Å². The number of amides is 1. The van der Waals surface area contributed by atoms with Gasteiger partial charge < -0.3 is 15.4 Å². The van der Waals surface area contributed by atoms with Gasteiger partial charge in [-0.25, -0.2) is 0 Å². The first kappa shape index (κ1) is 14.4. The number of hydrogen-bond acceptors (Lipinski definition) is 4. The normalized spacial score (nSPS) is 17.2. The van der Waals surface area contributed by atoms with E-state index in [-0.39, 0.29) is 5.91 Å². The zero-order chi connectivity index (χ0) is 13.5. The molecule has 1 aliphatic heterocycles. The predicted molar refractivity (Wildman–Crippen MR) is 77.4 cm³/mol. The molecule has 2 N–H and O–H groups in total. The van der Waals surface area contributed by atoms with Gasteiger partial charge in [0.05, 0.1) is 6.61 Å². The third-order valence-electron chi connectivity index (χ3n) is 3.07. The Bertz CT molecular complexity index is 426. The topological polar surface area (TPSA) is 50.4 Å². The molecular formula is C14H20N2O2S. The molecule has 0 aromatic heterocycles. The van der Waals surface area contributed by atoms with Crippen LogP contribution in [-0.2, 0) is 9.53 Å². The summed E-state index contributed by atoms with van der Waals surface area (Å²) in [4.78, 5) is 12.9. The average molecular weight is 280 g/mol. The van der Waals surface area contributed by atoms with Crippen molar-refractivity contribution in [1.29, 1.82) is 0 Å². The van der Waals surface area contributed by atoms with Crippen molar-refractivity contribution in [3.8, 4) is 0 Å². The van der Waals surface area contributed by atoms with Crippen LogP contribution in [-0.4, -0.2) is 38.5 Å². The molecule has 0 aliphatic carbocycles. The molecule has 0 saturated carbocycles. The number of ether oxygens (including phenoxy) is 1. The monoisotopic (exact) mass is 280 g/mol. The van der Waals surface area contributed by atoms with Crippen LogP contribution >= 0.6 is 11.8 Å². The van der Waals surface area contributed by atoms with Gasteiger partial charge in [-0.05, 0) is 11.6 Å². The minimum Gasteiger partial charge on any atom is -0.383 e. The number of rotatable bonds is 7. The second-order valence-corrected chi connectivity index (χ2v) is 5.51. The van der Waals surface area contributed by atoms with Crippen molar-refractivity contribution in [2.75, 3.05) is 32.6 Å². The van der Waals surface area contributed by atoms with Gasteiger partial charge in [-0.2, -0.15) is 0 Å². The molecule has 0 bridgehead atoms. The van der Waals surface area contributed by atoms with E-state index in [2.05, 4.69) is 34.9 Å². The molecule has 0 spiro atoms. The van der Waals surface area contributed by atoms with Crippen molar-refractivity contribution in [3.63, 3.8) is 0 Å². The molecule has 1 heterocycles. The van der Waals surface area contributed by atoms with Crippen LogP contribution in [0.1, 0.15) is 18.0 Å².